The van der Waals surface area contributed by atoms with Gasteiger partial charge in [-0.15, -0.1) is 0 Å². The van der Waals surface area contributed by atoms with E-state index in [2.05, 4.69) is 21.2 Å². The highest BCUT2D eigenvalue weighted by atomic mass is 79.9. The Morgan fingerprint density at radius 1 is 1.18 bits per heavy atom. The number of hydrogen-bond donors (Lipinski definition) is 1. The van der Waals surface area contributed by atoms with Crippen molar-refractivity contribution in [3.63, 3.8) is 0 Å². The maximum Gasteiger partial charge on any atom is 0.293 e. The Morgan fingerprint density at radius 2 is 1.96 bits per heavy atom. The summed E-state index contributed by atoms with van der Waals surface area (Å²) in [5, 5.41) is 2.27. The molecule has 2 aromatic carbocycles. The Hall–Kier alpha value is -2.45. The van der Waals surface area contributed by atoms with Crippen molar-refractivity contribution in [2.75, 3.05) is 13.1 Å². The van der Waals surface area contributed by atoms with Crippen LogP contribution in [0.25, 0.3) is 6.08 Å². The van der Waals surface area contributed by atoms with Crippen LogP contribution in [-0.4, -0.2) is 35.0 Å². The van der Waals surface area contributed by atoms with Crippen molar-refractivity contribution in [2.24, 2.45) is 0 Å². The van der Waals surface area contributed by atoms with Gasteiger partial charge in [-0.25, -0.2) is 4.39 Å². The summed E-state index contributed by atoms with van der Waals surface area (Å²) in [6.07, 6.45) is 1.57. The molecule has 1 aliphatic rings. The zero-order chi connectivity index (χ0) is 20.1. The van der Waals surface area contributed by atoms with Gasteiger partial charge in [-0.3, -0.25) is 19.3 Å². The highest BCUT2D eigenvalue weighted by molar-refractivity contribution is 9.10. The maximum atomic E-state index is 13.7. The predicted molar refractivity (Wildman–Crippen MR) is 110 cm³/mol. The molecule has 28 heavy (non-hydrogen) atoms. The van der Waals surface area contributed by atoms with Gasteiger partial charge in [0.1, 0.15) is 5.82 Å². The average Bonchev–Trinajstić information content (AvgIpc) is 2.91. The Labute approximate surface area is 174 Å². The van der Waals surface area contributed by atoms with E-state index in [1.807, 2.05) is 24.3 Å². The van der Waals surface area contributed by atoms with E-state index in [4.69, 9.17) is 0 Å². The molecular weight excluding hydrogens is 447 g/mol. The lowest BCUT2D eigenvalue weighted by molar-refractivity contribution is -0.124. The maximum absolute atomic E-state index is 13.7. The molecule has 3 amide bonds. The predicted octanol–water partition coefficient (Wildman–Crippen LogP) is 3.98. The zero-order valence-corrected chi connectivity index (χ0v) is 17.1. The molecule has 1 N–H and O–H groups in total. The number of thioether (sulfide) groups is 1. The van der Waals surface area contributed by atoms with Gasteiger partial charge in [0.25, 0.3) is 11.1 Å². The van der Waals surface area contributed by atoms with Crippen LogP contribution in [0.3, 0.4) is 0 Å². The van der Waals surface area contributed by atoms with E-state index in [-0.39, 0.29) is 35.9 Å². The Morgan fingerprint density at radius 3 is 2.71 bits per heavy atom. The molecule has 0 unspecified atom stereocenters. The molecule has 1 saturated heterocycles. The van der Waals surface area contributed by atoms with Gasteiger partial charge in [0, 0.05) is 23.1 Å². The van der Waals surface area contributed by atoms with E-state index in [9.17, 15) is 18.8 Å². The topological polar surface area (TPSA) is 66.5 Å². The van der Waals surface area contributed by atoms with Crippen LogP contribution in [0.5, 0.6) is 0 Å². The lowest BCUT2D eigenvalue weighted by Gasteiger charge is -2.13. The summed E-state index contributed by atoms with van der Waals surface area (Å²) in [7, 11) is 0. The van der Waals surface area contributed by atoms with Crippen molar-refractivity contribution in [3.8, 4) is 0 Å². The molecule has 1 heterocycles. The third kappa shape index (κ3) is 5.08. The second kappa shape index (κ2) is 9.16. The highest BCUT2D eigenvalue weighted by Gasteiger charge is 2.34. The first-order valence-electron chi connectivity index (χ1n) is 8.45. The second-order valence-electron chi connectivity index (χ2n) is 6.01. The van der Waals surface area contributed by atoms with Gasteiger partial charge < -0.3 is 5.32 Å². The van der Waals surface area contributed by atoms with Crippen LogP contribution in [-0.2, 0) is 16.0 Å². The van der Waals surface area contributed by atoms with Crippen LogP contribution < -0.4 is 5.32 Å². The molecule has 3 rings (SSSR count). The van der Waals surface area contributed by atoms with E-state index in [0.29, 0.717) is 0 Å². The molecule has 0 saturated carbocycles. The van der Waals surface area contributed by atoms with E-state index in [0.717, 1.165) is 26.7 Å². The monoisotopic (exact) mass is 462 g/mol. The number of hydrogen-bond acceptors (Lipinski definition) is 4. The summed E-state index contributed by atoms with van der Waals surface area (Å²) in [6.45, 7) is 0.210. The van der Waals surface area contributed by atoms with Gasteiger partial charge >= 0.3 is 0 Å². The lowest BCUT2D eigenvalue weighted by Crippen LogP contribution is -2.37. The largest absolute Gasteiger partial charge is 0.354 e. The lowest BCUT2D eigenvalue weighted by atomic mass is 10.1. The molecule has 0 aromatic heterocycles. The number of halogens is 2. The summed E-state index contributed by atoms with van der Waals surface area (Å²) >= 11 is 4.11. The first-order chi connectivity index (χ1) is 13.4. The fourth-order valence-electron chi connectivity index (χ4n) is 2.63. The number of amides is 3. The minimum atomic E-state index is -0.487. The number of nitrogens with one attached hydrogen (secondary N) is 1. The van der Waals surface area contributed by atoms with Crippen molar-refractivity contribution >= 4 is 50.8 Å². The van der Waals surface area contributed by atoms with Gasteiger partial charge in [-0.1, -0.05) is 46.3 Å². The molecule has 0 bridgehead atoms. The van der Waals surface area contributed by atoms with Gasteiger partial charge in [0.15, 0.2) is 0 Å². The Kier molecular flexibility index (Phi) is 6.64. The van der Waals surface area contributed by atoms with E-state index in [1.165, 1.54) is 18.2 Å². The first-order valence-corrected chi connectivity index (χ1v) is 10.1. The third-order valence-electron chi connectivity index (χ3n) is 3.98. The van der Waals surface area contributed by atoms with Crippen molar-refractivity contribution in [1.82, 2.24) is 10.2 Å². The zero-order valence-electron chi connectivity index (χ0n) is 14.7. The van der Waals surface area contributed by atoms with Crippen molar-refractivity contribution in [2.45, 2.75) is 6.42 Å². The number of carbonyl (C=O) groups is 3. The molecule has 2 aromatic rings. The minimum Gasteiger partial charge on any atom is -0.354 e. The summed E-state index contributed by atoms with van der Waals surface area (Å²) in [5.41, 5.74) is 1.10. The SMILES string of the molecule is O=C(Cc1cccc(Br)c1)NCCN1C(=O)SC(=Cc2ccccc2F)C1=O. The summed E-state index contributed by atoms with van der Waals surface area (Å²) in [4.78, 5) is 37.7. The number of rotatable bonds is 6. The Bertz CT molecular complexity index is 964. The number of carbonyl (C=O) groups excluding carboxylic acids is 3. The standard InChI is InChI=1S/C20H16BrFN2O3S/c21-15-6-3-4-13(10-15)11-18(25)23-8-9-24-19(26)17(28-20(24)27)12-14-5-1-2-7-16(14)22/h1-7,10,12H,8-9,11H2,(H,23,25). The fourth-order valence-corrected chi connectivity index (χ4v) is 3.93. The van der Waals surface area contributed by atoms with Gasteiger partial charge in [0.2, 0.25) is 5.91 Å². The van der Waals surface area contributed by atoms with Gasteiger partial charge in [0.05, 0.1) is 11.3 Å². The van der Waals surface area contributed by atoms with Crippen molar-refractivity contribution < 1.29 is 18.8 Å². The second-order valence-corrected chi connectivity index (χ2v) is 7.92. The van der Waals surface area contributed by atoms with E-state index >= 15 is 0 Å². The molecule has 8 heteroatoms. The van der Waals surface area contributed by atoms with Crippen LogP contribution in [0, 0.1) is 5.82 Å². The average molecular weight is 463 g/mol. The third-order valence-corrected chi connectivity index (χ3v) is 5.38. The molecule has 5 nitrogen and oxygen atoms in total. The van der Waals surface area contributed by atoms with E-state index in [1.54, 1.807) is 12.1 Å². The van der Waals surface area contributed by atoms with Gasteiger partial charge in [-0.2, -0.15) is 0 Å². The smallest absolute Gasteiger partial charge is 0.293 e. The fraction of sp³-hybridized carbons (Fsp3) is 0.150. The molecule has 0 aliphatic carbocycles. The molecule has 144 valence electrons. The number of nitrogens with zero attached hydrogens (tertiary/aromatic N) is 1. The number of benzene rings is 2. The quantitative estimate of drug-likeness (QED) is 0.659. The van der Waals surface area contributed by atoms with Crippen LogP contribution in [0.1, 0.15) is 11.1 Å². The highest BCUT2D eigenvalue weighted by Crippen LogP contribution is 2.32. The first kappa shape index (κ1) is 20.3. The summed E-state index contributed by atoms with van der Waals surface area (Å²) < 4.78 is 14.6. The van der Waals surface area contributed by atoms with Crippen LogP contribution in [0.2, 0.25) is 0 Å². The summed E-state index contributed by atoms with van der Waals surface area (Å²) in [5.74, 6) is -1.15. The van der Waals surface area contributed by atoms with Crippen LogP contribution in [0.15, 0.2) is 57.9 Å². The van der Waals surface area contributed by atoms with Crippen molar-refractivity contribution in [1.29, 1.82) is 0 Å². The molecule has 1 aliphatic heterocycles. The molecule has 0 radical (unpaired) electrons. The minimum absolute atomic E-state index is 0.0590. The van der Waals surface area contributed by atoms with Crippen LogP contribution >= 0.6 is 27.7 Å². The summed E-state index contributed by atoms with van der Waals surface area (Å²) in [6, 6.07) is 13.4. The van der Waals surface area contributed by atoms with E-state index < -0.39 is 17.0 Å². The molecule has 1 fully saturated rings. The van der Waals surface area contributed by atoms with Gasteiger partial charge in [-0.05, 0) is 41.6 Å². The number of imide groups is 1. The normalized spacial score (nSPS) is 15.4. The molecular formula is C20H16BrFN2O3S. The Balaban J connectivity index is 1.55. The molecule has 0 atom stereocenters. The van der Waals surface area contributed by atoms with Crippen molar-refractivity contribution in [3.05, 3.63) is 74.9 Å². The van der Waals surface area contributed by atoms with Crippen LogP contribution in [0.4, 0.5) is 9.18 Å². The molecule has 0 spiro atoms.